The molecule has 3 unspecified atom stereocenters. The molecule has 6 heteroatoms. The Bertz CT molecular complexity index is 1360. The number of nitrogens with zero attached hydrogens (tertiary/aromatic N) is 3. The number of fused-ring (bicyclic) bond motifs is 3. The third-order valence-corrected chi connectivity index (χ3v) is 10.3. The zero-order valence-electron chi connectivity index (χ0n) is 25.7. The van der Waals surface area contributed by atoms with E-state index in [0.29, 0.717) is 18.4 Å². The first-order chi connectivity index (χ1) is 19.5. The number of esters is 1. The van der Waals surface area contributed by atoms with Gasteiger partial charge in [0, 0.05) is 5.54 Å². The zero-order valence-corrected chi connectivity index (χ0v) is 25.7. The Morgan fingerprint density at radius 2 is 1.80 bits per heavy atom. The Hall–Kier alpha value is -2.93. The lowest BCUT2D eigenvalue weighted by Crippen LogP contribution is -2.63. The molecule has 3 fully saturated rings. The Balaban J connectivity index is 1.80. The van der Waals surface area contributed by atoms with Crippen molar-refractivity contribution in [3.05, 3.63) is 46.5 Å². The molecule has 0 aromatic carbocycles. The van der Waals surface area contributed by atoms with Gasteiger partial charge in [0.25, 0.3) is 0 Å². The highest BCUT2D eigenvalue weighted by Gasteiger charge is 2.61. The first-order valence-electron chi connectivity index (χ1n) is 15.6. The van der Waals surface area contributed by atoms with Crippen LogP contribution >= 0.6 is 0 Å². The molecule has 0 aromatic rings. The Morgan fingerprint density at radius 3 is 2.44 bits per heavy atom. The Labute approximate surface area is 245 Å². The van der Waals surface area contributed by atoms with Crippen molar-refractivity contribution < 1.29 is 14.4 Å². The summed E-state index contributed by atoms with van der Waals surface area (Å²) < 4.78 is 5.56. The number of ether oxygens (including phenoxy) is 1. The van der Waals surface area contributed by atoms with Crippen molar-refractivity contribution in [2.45, 2.75) is 122 Å². The van der Waals surface area contributed by atoms with Crippen LogP contribution in [0.4, 0.5) is 0 Å². The van der Waals surface area contributed by atoms with Gasteiger partial charge in [-0.2, -0.15) is 15.6 Å². The molecule has 41 heavy (non-hydrogen) atoms. The highest BCUT2D eigenvalue weighted by molar-refractivity contribution is 6.01. The molecule has 5 rings (SSSR count). The van der Waals surface area contributed by atoms with Crippen LogP contribution in [0.15, 0.2) is 24.3 Å². The van der Waals surface area contributed by atoms with Crippen LogP contribution in [0.2, 0.25) is 0 Å². The summed E-state index contributed by atoms with van der Waals surface area (Å²) in [7, 11) is 0. The Kier molecular flexibility index (Phi) is 7.97. The van der Waals surface area contributed by atoms with Crippen LogP contribution in [0.5, 0.6) is 0 Å². The second kappa shape index (κ2) is 11.0. The monoisotopic (exact) mass is 555 g/mol. The first kappa shape index (κ1) is 29.6. The summed E-state index contributed by atoms with van der Waals surface area (Å²) in [5.41, 5.74) is 3.47. The van der Waals surface area contributed by atoms with Gasteiger partial charge in [0.15, 0.2) is 5.60 Å². The third kappa shape index (κ3) is 4.94. The molecule has 0 spiro atoms. The van der Waals surface area contributed by atoms with Gasteiger partial charge in [0.2, 0.25) is 0 Å². The number of carbonyl (C=O) groups excluding carboxylic acids is 1. The average Bonchev–Trinajstić information content (AvgIpc) is 3.24. The number of hydrogen-bond donors (Lipinski definition) is 0. The summed E-state index contributed by atoms with van der Waals surface area (Å²) >= 11 is 0. The smallest absolute Gasteiger partial charge is 0.338 e. The topological polar surface area (TPSA) is 86.3 Å². The first-order valence-corrected chi connectivity index (χ1v) is 15.6. The van der Waals surface area contributed by atoms with Crippen molar-refractivity contribution in [1.29, 1.82) is 10.5 Å². The molecule has 0 amide bonds. The van der Waals surface area contributed by atoms with E-state index < -0.39 is 22.6 Å². The molecule has 3 atom stereocenters. The van der Waals surface area contributed by atoms with Crippen molar-refractivity contribution in [3.8, 4) is 23.3 Å². The van der Waals surface area contributed by atoms with Crippen molar-refractivity contribution in [1.82, 2.24) is 5.06 Å². The van der Waals surface area contributed by atoms with E-state index in [1.165, 1.54) is 5.56 Å². The van der Waals surface area contributed by atoms with Gasteiger partial charge in [0.05, 0.1) is 35.8 Å². The molecule has 4 aliphatic carbocycles. The van der Waals surface area contributed by atoms with Crippen LogP contribution in [0.25, 0.3) is 11.1 Å². The van der Waals surface area contributed by atoms with Gasteiger partial charge in [-0.05, 0) is 118 Å². The lowest BCUT2D eigenvalue weighted by atomic mass is 9.57. The van der Waals surface area contributed by atoms with Gasteiger partial charge < -0.3 is 4.74 Å². The minimum absolute atomic E-state index is 0.265. The second-order valence-corrected chi connectivity index (χ2v) is 13.5. The summed E-state index contributed by atoms with van der Waals surface area (Å²) in [5.74, 6) is 0.198. The van der Waals surface area contributed by atoms with Crippen LogP contribution in [0.3, 0.4) is 0 Å². The normalized spacial score (nSPS) is 27.2. The number of hydroxylamine groups is 2. The van der Waals surface area contributed by atoms with Crippen molar-refractivity contribution in [3.63, 3.8) is 0 Å². The van der Waals surface area contributed by atoms with E-state index in [9.17, 15) is 15.3 Å². The SMILES string of the molecule is CCOC(=O)c1cc(C2N(OC3(C#N)CCCCC3)C(C)(C)C3CCCC2(C#N)C3)c2cc(C(C)C)ccc(C)c1-2. The van der Waals surface area contributed by atoms with Gasteiger partial charge in [-0.25, -0.2) is 4.79 Å². The molecular formula is C35H45N3O3. The van der Waals surface area contributed by atoms with Crippen molar-refractivity contribution >= 4 is 5.97 Å². The Morgan fingerprint density at radius 1 is 1.07 bits per heavy atom. The molecule has 1 heterocycles. The number of aryl methyl sites for hydroxylation is 1. The van der Waals surface area contributed by atoms with E-state index in [2.05, 4.69) is 63.1 Å². The van der Waals surface area contributed by atoms with Crippen molar-refractivity contribution in [2.75, 3.05) is 6.61 Å². The summed E-state index contributed by atoms with van der Waals surface area (Å²) in [4.78, 5) is 20.5. The molecule has 0 aromatic heterocycles. The zero-order chi connectivity index (χ0) is 29.6. The van der Waals surface area contributed by atoms with E-state index in [-0.39, 0.29) is 24.4 Å². The molecular weight excluding hydrogens is 510 g/mol. The summed E-state index contributed by atoms with van der Waals surface area (Å²) in [6.07, 6.45) is 7.94. The number of piperidine rings is 1. The third-order valence-electron chi connectivity index (χ3n) is 10.3. The van der Waals surface area contributed by atoms with E-state index in [0.717, 1.165) is 67.2 Å². The van der Waals surface area contributed by atoms with E-state index in [1.807, 2.05) is 19.9 Å². The summed E-state index contributed by atoms with van der Waals surface area (Å²) in [5, 5.41) is 23.5. The van der Waals surface area contributed by atoms with Gasteiger partial charge in [-0.3, -0.25) is 4.84 Å². The minimum Gasteiger partial charge on any atom is -0.462 e. The molecule has 1 saturated heterocycles. The van der Waals surface area contributed by atoms with Crippen LogP contribution in [-0.4, -0.2) is 28.8 Å². The van der Waals surface area contributed by atoms with Gasteiger partial charge in [-0.1, -0.05) is 44.9 Å². The molecule has 0 N–H and O–H groups in total. The predicted octanol–water partition coefficient (Wildman–Crippen LogP) is 8.39. The highest BCUT2D eigenvalue weighted by Crippen LogP contribution is 2.62. The van der Waals surface area contributed by atoms with Crippen LogP contribution in [0.1, 0.15) is 131 Å². The van der Waals surface area contributed by atoms with Crippen molar-refractivity contribution in [2.24, 2.45) is 11.3 Å². The molecule has 2 saturated carbocycles. The van der Waals surface area contributed by atoms with E-state index in [1.54, 1.807) is 0 Å². The number of hydrogen-bond acceptors (Lipinski definition) is 6. The number of rotatable bonds is 6. The predicted molar refractivity (Wildman–Crippen MR) is 159 cm³/mol. The second-order valence-electron chi connectivity index (χ2n) is 13.5. The molecule has 2 bridgehead atoms. The highest BCUT2D eigenvalue weighted by atomic mass is 16.7. The average molecular weight is 556 g/mol. The van der Waals surface area contributed by atoms with Crippen LogP contribution in [-0.2, 0) is 9.57 Å². The summed E-state index contributed by atoms with van der Waals surface area (Å²) in [6, 6.07) is 13.3. The standard InChI is InChI=1S/C35H45N3O3/c1-7-40-32(39)29-19-28(27-18-25(23(2)3)14-13-24(4)30(27)29)31-34(21-36)15-11-12-26(20-34)33(5,6)38(31)41-35(22-37)16-9-8-10-17-35/h13-14,18-19,23,26,31H,7-12,15-17,20H2,1-6H3. The largest absolute Gasteiger partial charge is 0.462 e. The van der Waals surface area contributed by atoms with Gasteiger partial charge in [0.1, 0.15) is 0 Å². The lowest BCUT2D eigenvalue weighted by Gasteiger charge is -2.60. The van der Waals surface area contributed by atoms with Crippen LogP contribution < -0.4 is 0 Å². The molecule has 0 radical (unpaired) electrons. The molecule has 5 aliphatic rings. The lowest BCUT2D eigenvalue weighted by molar-refractivity contribution is -0.341. The molecule has 1 aliphatic heterocycles. The number of carbonyl (C=O) groups is 1. The molecule has 6 nitrogen and oxygen atoms in total. The van der Waals surface area contributed by atoms with Crippen LogP contribution in [0, 0.1) is 40.9 Å². The van der Waals surface area contributed by atoms with Gasteiger partial charge in [-0.15, -0.1) is 0 Å². The summed E-state index contributed by atoms with van der Waals surface area (Å²) in [6.45, 7) is 12.9. The fourth-order valence-corrected chi connectivity index (χ4v) is 7.84. The molecule has 218 valence electrons. The maximum Gasteiger partial charge on any atom is 0.338 e. The quantitative estimate of drug-likeness (QED) is 0.333. The number of nitriles is 2. The van der Waals surface area contributed by atoms with E-state index >= 15 is 0 Å². The minimum atomic E-state index is -0.911. The fraction of sp³-hybridized carbons (Fsp3) is 0.629. The maximum atomic E-state index is 13.4. The fourth-order valence-electron chi connectivity index (χ4n) is 7.84. The van der Waals surface area contributed by atoms with Gasteiger partial charge >= 0.3 is 5.97 Å². The maximum absolute atomic E-state index is 13.4. The van der Waals surface area contributed by atoms with E-state index in [4.69, 9.17) is 9.57 Å².